The average molecular weight is 211 g/mol. The molecule has 0 heterocycles. The average Bonchev–Trinajstić information content (AvgIpc) is 2.65. The number of rotatable bonds is 3. The molecular weight excluding hydrogens is 186 g/mol. The normalized spacial score (nSPS) is 42.0. The second-order valence-corrected chi connectivity index (χ2v) is 5.33. The number of aliphatic hydroxyl groups excluding tert-OH is 1. The van der Waals surface area contributed by atoms with Crippen molar-refractivity contribution >= 4 is 0 Å². The zero-order valence-electron chi connectivity index (χ0n) is 9.91. The number of hydrogen-bond donors (Lipinski definition) is 2. The standard InChI is InChI=1S/C13H25NO/c1-2-10-6-3-4-7-11(10)14-12-8-5-9-13(12)15/h10-15H,2-9H2,1H3/t10?,11?,12-,13-/m0/s1. The van der Waals surface area contributed by atoms with E-state index in [1.165, 1.54) is 44.9 Å². The maximum Gasteiger partial charge on any atom is 0.0693 e. The topological polar surface area (TPSA) is 32.3 Å². The fraction of sp³-hybridized carbons (Fsp3) is 1.00. The minimum absolute atomic E-state index is 0.0792. The molecule has 0 aliphatic heterocycles. The summed E-state index contributed by atoms with van der Waals surface area (Å²) in [7, 11) is 0. The molecule has 2 aliphatic rings. The summed E-state index contributed by atoms with van der Waals surface area (Å²) in [4.78, 5) is 0. The lowest BCUT2D eigenvalue weighted by Crippen LogP contribution is -2.47. The molecule has 2 N–H and O–H groups in total. The van der Waals surface area contributed by atoms with Gasteiger partial charge in [-0.1, -0.05) is 26.2 Å². The molecule has 2 unspecified atom stereocenters. The molecule has 0 aromatic rings. The Balaban J connectivity index is 1.85. The van der Waals surface area contributed by atoms with Gasteiger partial charge in [-0.2, -0.15) is 0 Å². The Labute approximate surface area is 93.5 Å². The summed E-state index contributed by atoms with van der Waals surface area (Å²) in [6.45, 7) is 2.30. The first-order valence-corrected chi connectivity index (χ1v) is 6.75. The third-order valence-electron chi connectivity index (χ3n) is 4.34. The van der Waals surface area contributed by atoms with Crippen LogP contribution in [0.25, 0.3) is 0 Å². The Hall–Kier alpha value is -0.0800. The van der Waals surface area contributed by atoms with Crippen LogP contribution in [0, 0.1) is 5.92 Å². The first kappa shape index (κ1) is 11.4. The van der Waals surface area contributed by atoms with Crippen molar-refractivity contribution in [2.45, 2.75) is 76.5 Å². The second kappa shape index (κ2) is 5.31. The highest BCUT2D eigenvalue weighted by Gasteiger charge is 2.30. The predicted molar refractivity (Wildman–Crippen MR) is 62.8 cm³/mol. The minimum Gasteiger partial charge on any atom is -0.392 e. The summed E-state index contributed by atoms with van der Waals surface area (Å²) >= 11 is 0. The van der Waals surface area contributed by atoms with Gasteiger partial charge in [0.15, 0.2) is 0 Å². The fourth-order valence-corrected chi connectivity index (χ4v) is 3.33. The Kier molecular flexibility index (Phi) is 4.04. The molecule has 2 saturated carbocycles. The molecular formula is C13H25NO. The van der Waals surface area contributed by atoms with Crippen molar-refractivity contribution in [3.63, 3.8) is 0 Å². The van der Waals surface area contributed by atoms with E-state index in [2.05, 4.69) is 12.2 Å². The molecule has 0 aromatic carbocycles. The van der Waals surface area contributed by atoms with Gasteiger partial charge in [0.25, 0.3) is 0 Å². The molecule has 0 spiro atoms. The van der Waals surface area contributed by atoms with E-state index in [0.717, 1.165) is 12.3 Å². The van der Waals surface area contributed by atoms with Crippen LogP contribution in [0.2, 0.25) is 0 Å². The van der Waals surface area contributed by atoms with Crippen molar-refractivity contribution in [1.82, 2.24) is 5.32 Å². The lowest BCUT2D eigenvalue weighted by atomic mass is 9.82. The zero-order valence-corrected chi connectivity index (χ0v) is 9.91. The van der Waals surface area contributed by atoms with Crippen LogP contribution < -0.4 is 5.32 Å². The van der Waals surface area contributed by atoms with Crippen molar-refractivity contribution in [2.75, 3.05) is 0 Å². The third-order valence-corrected chi connectivity index (χ3v) is 4.34. The Morgan fingerprint density at radius 2 is 1.73 bits per heavy atom. The van der Waals surface area contributed by atoms with Gasteiger partial charge >= 0.3 is 0 Å². The Bertz CT molecular complexity index is 195. The van der Waals surface area contributed by atoms with Crippen LogP contribution in [0.15, 0.2) is 0 Å². The van der Waals surface area contributed by atoms with Crippen molar-refractivity contribution < 1.29 is 5.11 Å². The molecule has 0 amide bonds. The monoisotopic (exact) mass is 211 g/mol. The lowest BCUT2D eigenvalue weighted by Gasteiger charge is -2.34. The molecule has 0 radical (unpaired) electrons. The molecule has 2 fully saturated rings. The molecule has 88 valence electrons. The maximum atomic E-state index is 9.82. The predicted octanol–water partition coefficient (Wildman–Crippen LogP) is 2.46. The maximum absolute atomic E-state index is 9.82. The van der Waals surface area contributed by atoms with E-state index < -0.39 is 0 Å². The first-order valence-electron chi connectivity index (χ1n) is 6.75. The molecule has 0 aromatic heterocycles. The van der Waals surface area contributed by atoms with Crippen LogP contribution in [0.1, 0.15) is 58.3 Å². The Morgan fingerprint density at radius 1 is 1.00 bits per heavy atom. The van der Waals surface area contributed by atoms with Gasteiger partial charge in [-0.15, -0.1) is 0 Å². The second-order valence-electron chi connectivity index (χ2n) is 5.33. The molecule has 0 bridgehead atoms. The van der Waals surface area contributed by atoms with Gasteiger partial charge in [-0.3, -0.25) is 0 Å². The van der Waals surface area contributed by atoms with Crippen molar-refractivity contribution in [3.05, 3.63) is 0 Å². The summed E-state index contributed by atoms with van der Waals surface area (Å²) in [5.41, 5.74) is 0. The van der Waals surface area contributed by atoms with E-state index in [1.807, 2.05) is 0 Å². The smallest absolute Gasteiger partial charge is 0.0693 e. The highest BCUT2D eigenvalue weighted by atomic mass is 16.3. The summed E-state index contributed by atoms with van der Waals surface area (Å²) in [5.74, 6) is 0.853. The van der Waals surface area contributed by atoms with E-state index in [1.54, 1.807) is 0 Å². The lowest BCUT2D eigenvalue weighted by molar-refractivity contribution is 0.126. The van der Waals surface area contributed by atoms with Crippen molar-refractivity contribution in [1.29, 1.82) is 0 Å². The van der Waals surface area contributed by atoms with Gasteiger partial charge < -0.3 is 10.4 Å². The zero-order chi connectivity index (χ0) is 10.7. The number of nitrogens with one attached hydrogen (secondary N) is 1. The highest BCUT2D eigenvalue weighted by Crippen LogP contribution is 2.29. The van der Waals surface area contributed by atoms with Gasteiger partial charge in [-0.25, -0.2) is 0 Å². The van der Waals surface area contributed by atoms with E-state index in [4.69, 9.17) is 0 Å². The van der Waals surface area contributed by atoms with Crippen LogP contribution in [0.4, 0.5) is 0 Å². The van der Waals surface area contributed by atoms with Gasteiger partial charge in [0.1, 0.15) is 0 Å². The van der Waals surface area contributed by atoms with Gasteiger partial charge in [-0.05, 0) is 38.0 Å². The minimum atomic E-state index is -0.0792. The van der Waals surface area contributed by atoms with Gasteiger partial charge in [0.2, 0.25) is 0 Å². The van der Waals surface area contributed by atoms with Crippen LogP contribution in [0.5, 0.6) is 0 Å². The SMILES string of the molecule is CCC1CCCCC1N[C@H]1CCC[C@@H]1O. The van der Waals surface area contributed by atoms with E-state index in [-0.39, 0.29) is 6.10 Å². The van der Waals surface area contributed by atoms with E-state index in [0.29, 0.717) is 12.1 Å². The molecule has 4 atom stereocenters. The summed E-state index contributed by atoms with van der Waals surface area (Å²) in [6, 6.07) is 1.07. The Morgan fingerprint density at radius 3 is 2.40 bits per heavy atom. The van der Waals surface area contributed by atoms with E-state index >= 15 is 0 Å². The highest BCUT2D eigenvalue weighted by molar-refractivity contribution is 4.89. The largest absolute Gasteiger partial charge is 0.392 e. The van der Waals surface area contributed by atoms with Gasteiger partial charge in [0.05, 0.1) is 6.10 Å². The molecule has 2 nitrogen and oxygen atoms in total. The molecule has 2 aliphatic carbocycles. The molecule has 2 heteroatoms. The summed E-state index contributed by atoms with van der Waals surface area (Å²) < 4.78 is 0. The first-order chi connectivity index (χ1) is 7.31. The summed E-state index contributed by atoms with van der Waals surface area (Å²) in [6.07, 6.45) is 10.1. The number of aliphatic hydroxyl groups is 1. The fourth-order valence-electron chi connectivity index (χ4n) is 3.33. The van der Waals surface area contributed by atoms with Crippen molar-refractivity contribution in [2.24, 2.45) is 5.92 Å². The molecule has 15 heavy (non-hydrogen) atoms. The van der Waals surface area contributed by atoms with Crippen LogP contribution in [-0.4, -0.2) is 23.3 Å². The van der Waals surface area contributed by atoms with Crippen molar-refractivity contribution in [3.8, 4) is 0 Å². The number of hydrogen-bond acceptors (Lipinski definition) is 2. The quantitative estimate of drug-likeness (QED) is 0.751. The third kappa shape index (κ3) is 2.73. The molecule has 2 rings (SSSR count). The van der Waals surface area contributed by atoms with Gasteiger partial charge in [0, 0.05) is 12.1 Å². The summed E-state index contributed by atoms with van der Waals surface area (Å²) in [5, 5.41) is 13.5. The van der Waals surface area contributed by atoms with Crippen LogP contribution in [0.3, 0.4) is 0 Å². The molecule has 0 saturated heterocycles. The van der Waals surface area contributed by atoms with E-state index in [9.17, 15) is 5.11 Å². The van der Waals surface area contributed by atoms with Crippen LogP contribution in [-0.2, 0) is 0 Å². The van der Waals surface area contributed by atoms with Crippen LogP contribution >= 0.6 is 0 Å².